The average molecular weight is 277 g/mol. The standard InChI is InChI=1S/C14H19N3O3/c1-9-3-4-12(10(2)15-9)16-14(20)17-6-5-11(8-17)7-13(18)19/h3-4,11H,5-8H2,1-2H3,(H,16,20)(H,18,19). The van der Waals surface area contributed by atoms with Crippen LogP contribution in [0, 0.1) is 19.8 Å². The van der Waals surface area contributed by atoms with Crippen molar-refractivity contribution in [3.8, 4) is 0 Å². The van der Waals surface area contributed by atoms with Crippen LogP contribution in [0.15, 0.2) is 12.1 Å². The van der Waals surface area contributed by atoms with Crippen LogP contribution in [0.5, 0.6) is 0 Å². The van der Waals surface area contributed by atoms with Crippen LogP contribution in [0.2, 0.25) is 0 Å². The van der Waals surface area contributed by atoms with E-state index in [2.05, 4.69) is 10.3 Å². The van der Waals surface area contributed by atoms with Crippen LogP contribution in [-0.4, -0.2) is 40.1 Å². The number of amides is 2. The number of anilines is 1. The summed E-state index contributed by atoms with van der Waals surface area (Å²) in [6.45, 7) is 4.84. The second-order valence-electron chi connectivity index (χ2n) is 5.21. The minimum absolute atomic E-state index is 0.0514. The summed E-state index contributed by atoms with van der Waals surface area (Å²) in [6, 6.07) is 3.49. The van der Waals surface area contributed by atoms with E-state index in [1.54, 1.807) is 4.90 Å². The lowest BCUT2D eigenvalue weighted by molar-refractivity contribution is -0.138. The molecule has 6 nitrogen and oxygen atoms in total. The monoisotopic (exact) mass is 277 g/mol. The molecule has 2 N–H and O–H groups in total. The summed E-state index contributed by atoms with van der Waals surface area (Å²) >= 11 is 0. The van der Waals surface area contributed by atoms with Gasteiger partial charge < -0.3 is 15.3 Å². The maximum atomic E-state index is 12.1. The summed E-state index contributed by atoms with van der Waals surface area (Å²) in [6.07, 6.45) is 0.861. The molecule has 2 heterocycles. The Bertz CT molecular complexity index is 530. The zero-order valence-electron chi connectivity index (χ0n) is 11.7. The topological polar surface area (TPSA) is 82.5 Å². The first-order valence-electron chi connectivity index (χ1n) is 6.67. The van der Waals surface area contributed by atoms with Crippen LogP contribution in [0.25, 0.3) is 0 Å². The predicted molar refractivity (Wildman–Crippen MR) is 74.7 cm³/mol. The molecule has 1 atom stereocenters. The molecule has 1 aromatic rings. The van der Waals surface area contributed by atoms with Crippen LogP contribution in [-0.2, 0) is 4.79 Å². The largest absolute Gasteiger partial charge is 0.481 e. The number of nitrogens with zero attached hydrogens (tertiary/aromatic N) is 2. The van der Waals surface area contributed by atoms with Gasteiger partial charge in [-0.3, -0.25) is 9.78 Å². The molecule has 1 aliphatic heterocycles. The Labute approximate surface area is 117 Å². The quantitative estimate of drug-likeness (QED) is 0.885. The number of carboxylic acid groups (broad SMARTS) is 1. The lowest BCUT2D eigenvalue weighted by Crippen LogP contribution is -2.33. The molecule has 0 spiro atoms. The van der Waals surface area contributed by atoms with Crippen molar-refractivity contribution in [2.24, 2.45) is 5.92 Å². The number of hydrogen-bond donors (Lipinski definition) is 2. The first-order valence-corrected chi connectivity index (χ1v) is 6.67. The Morgan fingerprint density at radius 3 is 2.85 bits per heavy atom. The van der Waals surface area contributed by atoms with Gasteiger partial charge in [0.05, 0.1) is 11.4 Å². The van der Waals surface area contributed by atoms with Crippen molar-refractivity contribution in [2.75, 3.05) is 18.4 Å². The Morgan fingerprint density at radius 1 is 1.45 bits per heavy atom. The van der Waals surface area contributed by atoms with Crippen molar-refractivity contribution < 1.29 is 14.7 Å². The van der Waals surface area contributed by atoms with Gasteiger partial charge in [-0.25, -0.2) is 4.79 Å². The van der Waals surface area contributed by atoms with Crippen LogP contribution in [0.1, 0.15) is 24.2 Å². The Hall–Kier alpha value is -2.11. The van der Waals surface area contributed by atoms with Crippen molar-refractivity contribution >= 4 is 17.7 Å². The molecule has 2 rings (SSSR count). The number of likely N-dealkylation sites (tertiary alicyclic amines) is 1. The van der Waals surface area contributed by atoms with Gasteiger partial charge in [-0.15, -0.1) is 0 Å². The number of nitrogens with one attached hydrogen (secondary N) is 1. The first-order chi connectivity index (χ1) is 9.45. The molecule has 0 radical (unpaired) electrons. The van der Waals surface area contributed by atoms with Crippen molar-refractivity contribution in [1.82, 2.24) is 9.88 Å². The van der Waals surface area contributed by atoms with E-state index < -0.39 is 5.97 Å². The second-order valence-corrected chi connectivity index (χ2v) is 5.21. The summed E-state index contributed by atoms with van der Waals surface area (Å²) in [5.41, 5.74) is 2.38. The van der Waals surface area contributed by atoms with Gasteiger partial charge in [0.2, 0.25) is 0 Å². The summed E-state index contributed by atoms with van der Waals surface area (Å²) < 4.78 is 0. The van der Waals surface area contributed by atoms with Crippen molar-refractivity contribution in [3.63, 3.8) is 0 Å². The molecule has 1 aromatic heterocycles. The molecular formula is C14H19N3O3. The number of aryl methyl sites for hydroxylation is 2. The van der Waals surface area contributed by atoms with Crippen LogP contribution in [0.4, 0.5) is 10.5 Å². The molecule has 2 amide bonds. The molecule has 0 saturated carbocycles. The smallest absolute Gasteiger partial charge is 0.321 e. The number of aliphatic carboxylic acids is 1. The maximum Gasteiger partial charge on any atom is 0.321 e. The first kappa shape index (κ1) is 14.3. The molecule has 1 saturated heterocycles. The van der Waals surface area contributed by atoms with Crippen LogP contribution < -0.4 is 5.32 Å². The van der Waals surface area contributed by atoms with Gasteiger partial charge in [-0.2, -0.15) is 0 Å². The van der Waals surface area contributed by atoms with Gasteiger partial charge in [0.1, 0.15) is 0 Å². The number of carbonyl (C=O) groups is 2. The van der Waals surface area contributed by atoms with Crippen molar-refractivity contribution in [2.45, 2.75) is 26.7 Å². The highest BCUT2D eigenvalue weighted by molar-refractivity contribution is 5.90. The van der Waals surface area contributed by atoms with E-state index in [4.69, 9.17) is 5.11 Å². The molecule has 6 heteroatoms. The number of carbonyl (C=O) groups excluding carboxylic acids is 1. The number of rotatable bonds is 3. The lowest BCUT2D eigenvalue weighted by Gasteiger charge is -2.18. The zero-order valence-corrected chi connectivity index (χ0v) is 11.7. The number of aromatic nitrogens is 1. The fraction of sp³-hybridized carbons (Fsp3) is 0.500. The summed E-state index contributed by atoms with van der Waals surface area (Å²) in [7, 11) is 0. The molecule has 1 fully saturated rings. The molecular weight excluding hydrogens is 258 g/mol. The van der Waals surface area contributed by atoms with Crippen molar-refractivity contribution in [3.05, 3.63) is 23.5 Å². The van der Waals surface area contributed by atoms with Gasteiger partial charge in [-0.05, 0) is 38.3 Å². The molecule has 1 aliphatic rings. The summed E-state index contributed by atoms with van der Waals surface area (Å²) in [4.78, 5) is 28.8. The van der Waals surface area contributed by atoms with Crippen LogP contribution in [0.3, 0.4) is 0 Å². The molecule has 108 valence electrons. The van der Waals surface area contributed by atoms with E-state index in [-0.39, 0.29) is 18.4 Å². The number of pyridine rings is 1. The van der Waals surface area contributed by atoms with E-state index in [0.717, 1.165) is 17.8 Å². The molecule has 0 aliphatic carbocycles. The minimum atomic E-state index is -0.809. The molecule has 0 bridgehead atoms. The van der Waals surface area contributed by atoms with Gasteiger partial charge in [0, 0.05) is 25.2 Å². The Balaban J connectivity index is 1.94. The molecule has 1 unspecified atom stereocenters. The normalized spacial score (nSPS) is 18.1. The SMILES string of the molecule is Cc1ccc(NC(=O)N2CCC(CC(=O)O)C2)c(C)n1. The van der Waals surface area contributed by atoms with Gasteiger partial charge >= 0.3 is 12.0 Å². The Kier molecular flexibility index (Phi) is 4.22. The van der Waals surface area contributed by atoms with E-state index in [1.807, 2.05) is 26.0 Å². The predicted octanol–water partition coefficient (Wildman–Crippen LogP) is 2.03. The summed E-state index contributed by atoms with van der Waals surface area (Å²) in [5.74, 6) is -0.758. The highest BCUT2D eigenvalue weighted by atomic mass is 16.4. The maximum absolute atomic E-state index is 12.1. The van der Waals surface area contributed by atoms with E-state index in [9.17, 15) is 9.59 Å². The lowest BCUT2D eigenvalue weighted by atomic mass is 10.1. The average Bonchev–Trinajstić information content (AvgIpc) is 2.80. The fourth-order valence-electron chi connectivity index (χ4n) is 2.44. The van der Waals surface area contributed by atoms with E-state index >= 15 is 0 Å². The summed E-state index contributed by atoms with van der Waals surface area (Å²) in [5, 5.41) is 11.6. The van der Waals surface area contributed by atoms with Crippen LogP contribution >= 0.6 is 0 Å². The molecule has 20 heavy (non-hydrogen) atoms. The highest BCUT2D eigenvalue weighted by Crippen LogP contribution is 2.21. The van der Waals surface area contributed by atoms with Gasteiger partial charge in [0.25, 0.3) is 0 Å². The van der Waals surface area contributed by atoms with E-state index in [0.29, 0.717) is 18.8 Å². The zero-order chi connectivity index (χ0) is 14.7. The van der Waals surface area contributed by atoms with Crippen molar-refractivity contribution in [1.29, 1.82) is 0 Å². The highest BCUT2D eigenvalue weighted by Gasteiger charge is 2.27. The Morgan fingerprint density at radius 2 is 2.20 bits per heavy atom. The number of hydrogen-bond acceptors (Lipinski definition) is 3. The third-order valence-corrected chi connectivity index (χ3v) is 3.50. The second kappa shape index (κ2) is 5.90. The number of urea groups is 1. The van der Waals surface area contributed by atoms with Gasteiger partial charge in [-0.1, -0.05) is 0 Å². The third-order valence-electron chi connectivity index (χ3n) is 3.50. The minimum Gasteiger partial charge on any atom is -0.481 e. The third kappa shape index (κ3) is 3.46. The molecule has 0 aromatic carbocycles. The van der Waals surface area contributed by atoms with E-state index in [1.165, 1.54) is 0 Å². The number of carboxylic acids is 1. The van der Waals surface area contributed by atoms with Gasteiger partial charge in [0.15, 0.2) is 0 Å². The fourth-order valence-corrected chi connectivity index (χ4v) is 2.44.